The normalized spacial score (nSPS) is 11.0. The van der Waals surface area contributed by atoms with Gasteiger partial charge in [-0.25, -0.2) is 9.66 Å². The lowest BCUT2D eigenvalue weighted by atomic mass is 10.1. The van der Waals surface area contributed by atoms with Crippen molar-refractivity contribution in [1.29, 1.82) is 0 Å². The van der Waals surface area contributed by atoms with E-state index < -0.39 is 0 Å². The number of nitrogen functional groups attached to an aromatic ring is 1. The Morgan fingerprint density at radius 1 is 1.33 bits per heavy atom. The van der Waals surface area contributed by atoms with Gasteiger partial charge in [-0.05, 0) is 12.8 Å². The van der Waals surface area contributed by atoms with Crippen molar-refractivity contribution in [1.82, 2.24) is 19.9 Å². The fourth-order valence-corrected chi connectivity index (χ4v) is 1.67. The molecule has 5 heteroatoms. The molecule has 0 bridgehead atoms. The predicted molar refractivity (Wildman–Crippen MR) is 57.8 cm³/mol. The number of fused-ring (bicyclic) bond motifs is 1. The van der Waals surface area contributed by atoms with Crippen molar-refractivity contribution in [3.63, 3.8) is 0 Å². The fraction of sp³-hybridized carbons (Fsp3) is 0.500. The molecule has 5 nitrogen and oxygen atoms in total. The second kappa shape index (κ2) is 4.25. The van der Waals surface area contributed by atoms with E-state index in [1.165, 1.54) is 17.5 Å². The fourth-order valence-electron chi connectivity index (χ4n) is 1.67. The van der Waals surface area contributed by atoms with Crippen molar-refractivity contribution in [3.8, 4) is 11.4 Å². The lowest BCUT2D eigenvalue weighted by Gasteiger charge is -2.05. The molecular weight excluding hydrogens is 190 g/mol. The van der Waals surface area contributed by atoms with Gasteiger partial charge in [-0.15, -0.1) is 5.10 Å². The molecule has 80 valence electrons. The first-order chi connectivity index (χ1) is 7.33. The Morgan fingerprint density at radius 3 is 3.00 bits per heavy atom. The maximum atomic E-state index is 5.78. The second-order valence-electron chi connectivity index (χ2n) is 3.64. The lowest BCUT2D eigenvalue weighted by Crippen LogP contribution is -2.13. The van der Waals surface area contributed by atoms with E-state index in [0.29, 0.717) is 0 Å². The number of rotatable bonds is 4. The molecule has 2 aliphatic heterocycles. The molecule has 2 heterocycles. The van der Waals surface area contributed by atoms with Crippen LogP contribution >= 0.6 is 0 Å². The van der Waals surface area contributed by atoms with Crippen LogP contribution in [0, 0.1) is 0 Å². The zero-order valence-electron chi connectivity index (χ0n) is 8.85. The Labute approximate surface area is 88.6 Å². The maximum absolute atomic E-state index is 5.78. The first-order valence-electron chi connectivity index (χ1n) is 5.25. The average molecular weight is 205 g/mol. The Balaban J connectivity index is 2.21. The van der Waals surface area contributed by atoms with Gasteiger partial charge < -0.3 is 5.84 Å². The number of aryl methyl sites for hydroxylation is 1. The smallest absolute Gasteiger partial charge is 0.132 e. The van der Waals surface area contributed by atoms with E-state index in [4.69, 9.17) is 5.84 Å². The molecule has 0 fully saturated rings. The highest BCUT2D eigenvalue weighted by molar-refractivity contribution is 5.57. The van der Waals surface area contributed by atoms with Crippen molar-refractivity contribution >= 4 is 0 Å². The van der Waals surface area contributed by atoms with Gasteiger partial charge in [0, 0.05) is 0 Å². The van der Waals surface area contributed by atoms with Gasteiger partial charge in [0.05, 0.1) is 11.9 Å². The molecule has 0 aliphatic carbocycles. The minimum Gasteiger partial charge on any atom is -0.338 e. The standard InChI is InChI=1S/C10H15N5/c1-2-3-4-5-8-10-9(14-13-8)6-12-7-15(10)11/h6-7H,2-5,11H2,1H3. The maximum Gasteiger partial charge on any atom is 0.132 e. The highest BCUT2D eigenvalue weighted by Gasteiger charge is 2.15. The van der Waals surface area contributed by atoms with Crippen molar-refractivity contribution in [2.24, 2.45) is 0 Å². The zero-order valence-corrected chi connectivity index (χ0v) is 8.85. The van der Waals surface area contributed by atoms with Crippen LogP contribution in [0.3, 0.4) is 0 Å². The Hall–Kier alpha value is -1.65. The van der Waals surface area contributed by atoms with Crippen LogP contribution in [-0.2, 0) is 6.42 Å². The average Bonchev–Trinajstić information content (AvgIpc) is 2.63. The lowest BCUT2D eigenvalue weighted by molar-refractivity contribution is 0.703. The molecule has 0 saturated heterocycles. The summed E-state index contributed by atoms with van der Waals surface area (Å²) in [5, 5.41) is 8.18. The van der Waals surface area contributed by atoms with Crippen molar-refractivity contribution < 1.29 is 0 Å². The van der Waals surface area contributed by atoms with E-state index in [2.05, 4.69) is 22.1 Å². The third-order valence-electron chi connectivity index (χ3n) is 2.46. The summed E-state index contributed by atoms with van der Waals surface area (Å²) in [6.45, 7) is 2.18. The molecule has 0 aromatic heterocycles. The summed E-state index contributed by atoms with van der Waals surface area (Å²) < 4.78 is 1.50. The highest BCUT2D eigenvalue weighted by atomic mass is 15.3. The summed E-state index contributed by atoms with van der Waals surface area (Å²) in [6.07, 6.45) is 7.75. The molecule has 0 unspecified atom stereocenters. The SMILES string of the molecule is CCCCCc1nnc2cncn(N)c1-2. The van der Waals surface area contributed by atoms with E-state index in [-0.39, 0.29) is 0 Å². The molecule has 2 N–H and O–H groups in total. The largest absolute Gasteiger partial charge is 0.338 e. The van der Waals surface area contributed by atoms with Crippen LogP contribution in [0.4, 0.5) is 0 Å². The number of hydrogen-bond acceptors (Lipinski definition) is 4. The second-order valence-corrected chi connectivity index (χ2v) is 3.64. The van der Waals surface area contributed by atoms with Crippen molar-refractivity contribution in [2.45, 2.75) is 32.6 Å². The number of aromatic nitrogens is 4. The van der Waals surface area contributed by atoms with Gasteiger partial charge in [-0.3, -0.25) is 0 Å². The zero-order chi connectivity index (χ0) is 10.7. The number of nitrogens with two attached hydrogens (primary N) is 1. The molecule has 0 aromatic rings. The minimum absolute atomic E-state index is 0.770. The number of hydrogen-bond donors (Lipinski definition) is 1. The predicted octanol–water partition coefficient (Wildman–Crippen LogP) is 1.22. The van der Waals surface area contributed by atoms with E-state index in [9.17, 15) is 0 Å². The summed E-state index contributed by atoms with van der Waals surface area (Å²) in [5.41, 5.74) is 2.65. The van der Waals surface area contributed by atoms with Crippen molar-refractivity contribution in [3.05, 3.63) is 18.2 Å². The third kappa shape index (κ3) is 1.91. The molecule has 0 spiro atoms. The first kappa shape index (κ1) is 9.89. The number of unbranched alkanes of at least 4 members (excludes halogenated alkanes) is 2. The van der Waals surface area contributed by atoms with Gasteiger partial charge in [-0.2, -0.15) is 5.10 Å². The Bertz CT molecular complexity index is 409. The summed E-state index contributed by atoms with van der Waals surface area (Å²) in [6, 6.07) is 0. The molecule has 0 amide bonds. The van der Waals surface area contributed by atoms with Crippen LogP contribution < -0.4 is 5.84 Å². The van der Waals surface area contributed by atoms with Gasteiger partial charge in [-0.1, -0.05) is 19.8 Å². The van der Waals surface area contributed by atoms with Crippen LogP contribution in [0.25, 0.3) is 11.4 Å². The van der Waals surface area contributed by atoms with Gasteiger partial charge >= 0.3 is 0 Å². The van der Waals surface area contributed by atoms with Crippen LogP contribution in [0.2, 0.25) is 0 Å². The summed E-state index contributed by atoms with van der Waals surface area (Å²) >= 11 is 0. The molecule has 2 rings (SSSR count). The van der Waals surface area contributed by atoms with E-state index in [1.807, 2.05) is 0 Å². The van der Waals surface area contributed by atoms with Gasteiger partial charge in [0.2, 0.25) is 0 Å². The minimum atomic E-state index is 0.770. The molecule has 2 aliphatic rings. The van der Waals surface area contributed by atoms with Crippen LogP contribution in [0.1, 0.15) is 31.9 Å². The van der Waals surface area contributed by atoms with E-state index >= 15 is 0 Å². The van der Waals surface area contributed by atoms with E-state index in [0.717, 1.165) is 29.9 Å². The molecule has 15 heavy (non-hydrogen) atoms. The van der Waals surface area contributed by atoms with Gasteiger partial charge in [0.1, 0.15) is 17.7 Å². The molecular formula is C10H15N5. The van der Waals surface area contributed by atoms with Crippen LogP contribution in [0.15, 0.2) is 12.5 Å². The Morgan fingerprint density at radius 2 is 2.20 bits per heavy atom. The van der Waals surface area contributed by atoms with Crippen molar-refractivity contribution in [2.75, 3.05) is 5.84 Å². The third-order valence-corrected chi connectivity index (χ3v) is 2.46. The first-order valence-corrected chi connectivity index (χ1v) is 5.25. The van der Waals surface area contributed by atoms with Crippen LogP contribution in [-0.4, -0.2) is 19.9 Å². The molecule has 0 aromatic carbocycles. The van der Waals surface area contributed by atoms with Gasteiger partial charge in [0.25, 0.3) is 0 Å². The molecule has 0 saturated carbocycles. The number of nitrogens with zero attached hydrogens (tertiary/aromatic N) is 4. The monoisotopic (exact) mass is 205 g/mol. The topological polar surface area (TPSA) is 69.6 Å². The van der Waals surface area contributed by atoms with Gasteiger partial charge in [0.15, 0.2) is 0 Å². The summed E-state index contributed by atoms with van der Waals surface area (Å²) in [5.74, 6) is 5.78. The van der Waals surface area contributed by atoms with Crippen LogP contribution in [0.5, 0.6) is 0 Å². The Kier molecular flexibility index (Phi) is 2.80. The van der Waals surface area contributed by atoms with E-state index in [1.54, 1.807) is 12.5 Å². The summed E-state index contributed by atoms with van der Waals surface area (Å²) in [4.78, 5) is 3.96. The highest BCUT2D eigenvalue weighted by Crippen LogP contribution is 2.21. The molecule has 0 radical (unpaired) electrons. The molecule has 0 atom stereocenters. The summed E-state index contributed by atoms with van der Waals surface area (Å²) in [7, 11) is 0. The quantitative estimate of drug-likeness (QED) is 0.602.